The van der Waals surface area contributed by atoms with Crippen molar-refractivity contribution in [3.63, 3.8) is 0 Å². The quantitative estimate of drug-likeness (QED) is 0.585. The number of ether oxygens (including phenoxy) is 1. The molecule has 9 nitrogen and oxygen atoms in total. The zero-order valence-corrected chi connectivity index (χ0v) is 17.6. The molecule has 0 saturated carbocycles. The average molecular weight is 421 g/mol. The van der Waals surface area contributed by atoms with E-state index in [2.05, 4.69) is 10.2 Å². The van der Waals surface area contributed by atoms with Crippen LogP contribution in [-0.2, 0) is 29.2 Å². The second kappa shape index (κ2) is 9.36. The molecule has 0 radical (unpaired) electrons. The summed E-state index contributed by atoms with van der Waals surface area (Å²) in [6.45, 7) is 4.00. The number of aryl methyl sites for hydroxylation is 2. The molecular weight excluding hydrogens is 398 g/mol. The molecule has 0 unspecified atom stereocenters. The van der Waals surface area contributed by atoms with E-state index in [1.165, 1.54) is 11.7 Å². The van der Waals surface area contributed by atoms with Crippen molar-refractivity contribution in [3.8, 4) is 11.9 Å². The number of carbonyl (C=O) groups excluding carboxylic acids is 1. The van der Waals surface area contributed by atoms with Crippen LogP contribution in [0, 0.1) is 18.3 Å². The Balaban J connectivity index is 1.93. The number of nitrogens with zero attached hydrogens (tertiary/aromatic N) is 5. The summed E-state index contributed by atoms with van der Waals surface area (Å²) in [5, 5.41) is 28.3. The number of rotatable bonds is 7. The molecule has 0 aliphatic heterocycles. The first-order valence-corrected chi connectivity index (χ1v) is 9.80. The Bertz CT molecular complexity index is 1260. The van der Waals surface area contributed by atoms with Crippen LogP contribution in [0.3, 0.4) is 0 Å². The molecule has 1 amide bonds. The lowest BCUT2D eigenvalue weighted by atomic mass is 10.1. The van der Waals surface area contributed by atoms with Crippen molar-refractivity contribution in [1.82, 2.24) is 9.13 Å². The standard InChI is InChI=1S/C22H23N5O4/c1-4-9-26-18-8-6-5-7-16(18)20(22(26)30)25-24-19(28)12-27-14(2)10-15(13-31-3)17(11-23)21(27)29/h5-8,10,30H,4,9,12-13H2,1-3H3. The van der Waals surface area contributed by atoms with Gasteiger partial charge in [-0.05, 0) is 25.5 Å². The third kappa shape index (κ3) is 4.25. The topological polar surface area (TPSA) is 122 Å². The number of nitriles is 1. The largest absolute Gasteiger partial charge is 0.493 e. The molecule has 1 aromatic carbocycles. The van der Waals surface area contributed by atoms with Gasteiger partial charge in [0.2, 0.25) is 5.88 Å². The van der Waals surface area contributed by atoms with Crippen LogP contribution < -0.4 is 5.56 Å². The van der Waals surface area contributed by atoms with E-state index in [1.54, 1.807) is 23.6 Å². The molecule has 3 rings (SSSR count). The zero-order chi connectivity index (χ0) is 22.5. The van der Waals surface area contributed by atoms with E-state index < -0.39 is 11.5 Å². The third-order valence-corrected chi connectivity index (χ3v) is 4.92. The van der Waals surface area contributed by atoms with Crippen molar-refractivity contribution < 1.29 is 14.6 Å². The minimum atomic E-state index is -0.680. The van der Waals surface area contributed by atoms with Gasteiger partial charge < -0.3 is 19.0 Å². The van der Waals surface area contributed by atoms with Gasteiger partial charge in [-0.2, -0.15) is 5.26 Å². The summed E-state index contributed by atoms with van der Waals surface area (Å²) in [6, 6.07) is 10.8. The summed E-state index contributed by atoms with van der Waals surface area (Å²) in [4.78, 5) is 25.1. The van der Waals surface area contributed by atoms with Crippen LogP contribution in [0.4, 0.5) is 5.69 Å². The van der Waals surface area contributed by atoms with E-state index in [9.17, 15) is 20.0 Å². The molecule has 0 saturated heterocycles. The van der Waals surface area contributed by atoms with E-state index in [1.807, 2.05) is 31.2 Å². The second-order valence-corrected chi connectivity index (χ2v) is 7.06. The molecule has 9 heteroatoms. The molecule has 0 aliphatic rings. The molecule has 1 N–H and O–H groups in total. The van der Waals surface area contributed by atoms with Gasteiger partial charge in [0, 0.05) is 30.3 Å². The van der Waals surface area contributed by atoms with Crippen molar-refractivity contribution in [2.24, 2.45) is 10.2 Å². The Labute approximate surface area is 178 Å². The molecule has 2 heterocycles. The van der Waals surface area contributed by atoms with Gasteiger partial charge in [0.1, 0.15) is 18.2 Å². The number of hydrogen-bond donors (Lipinski definition) is 1. The van der Waals surface area contributed by atoms with Crippen molar-refractivity contribution >= 4 is 22.5 Å². The number of pyridine rings is 1. The zero-order valence-electron chi connectivity index (χ0n) is 17.6. The number of methoxy groups -OCH3 is 1. The highest BCUT2D eigenvalue weighted by atomic mass is 16.5. The number of aromatic hydroxyl groups is 1. The van der Waals surface area contributed by atoms with Crippen LogP contribution in [-0.4, -0.2) is 27.3 Å². The Morgan fingerprint density at radius 2 is 2.03 bits per heavy atom. The number of amides is 1. The first kappa shape index (κ1) is 21.9. The molecule has 31 heavy (non-hydrogen) atoms. The predicted molar refractivity (Wildman–Crippen MR) is 114 cm³/mol. The maximum Gasteiger partial charge on any atom is 0.284 e. The molecule has 2 aromatic heterocycles. The van der Waals surface area contributed by atoms with Gasteiger partial charge in [0.25, 0.3) is 11.5 Å². The molecule has 0 spiro atoms. The van der Waals surface area contributed by atoms with E-state index >= 15 is 0 Å². The minimum absolute atomic E-state index is 0.0661. The smallest absolute Gasteiger partial charge is 0.284 e. The number of azo groups is 1. The number of fused-ring (bicyclic) bond motifs is 1. The third-order valence-electron chi connectivity index (χ3n) is 4.92. The SMILES string of the molecule is CCCn1c(O)c(N=NC(=O)Cn2c(C)cc(COC)c(C#N)c2=O)c2ccccc21. The predicted octanol–water partition coefficient (Wildman–Crippen LogP) is 3.56. The van der Waals surface area contributed by atoms with Gasteiger partial charge in [-0.3, -0.25) is 9.59 Å². The second-order valence-electron chi connectivity index (χ2n) is 7.06. The number of aromatic nitrogens is 2. The van der Waals surface area contributed by atoms with Crippen LogP contribution in [0.15, 0.2) is 45.4 Å². The van der Waals surface area contributed by atoms with Gasteiger partial charge in [0.15, 0.2) is 5.69 Å². The summed E-state index contributed by atoms with van der Waals surface area (Å²) >= 11 is 0. The molecular formula is C22H23N5O4. The number of benzene rings is 1. The van der Waals surface area contributed by atoms with Crippen LogP contribution in [0.5, 0.6) is 5.88 Å². The highest BCUT2D eigenvalue weighted by Crippen LogP contribution is 2.38. The van der Waals surface area contributed by atoms with Crippen molar-refractivity contribution in [2.45, 2.75) is 40.0 Å². The van der Waals surface area contributed by atoms with Crippen LogP contribution in [0.1, 0.15) is 30.2 Å². The normalized spacial score (nSPS) is 11.3. The number of carbonyl (C=O) groups is 1. The van der Waals surface area contributed by atoms with Crippen LogP contribution in [0.2, 0.25) is 0 Å². The van der Waals surface area contributed by atoms with Crippen molar-refractivity contribution in [3.05, 3.63) is 57.5 Å². The fraction of sp³-hybridized carbons (Fsp3) is 0.318. The van der Waals surface area contributed by atoms with Gasteiger partial charge in [-0.15, -0.1) is 10.2 Å². The fourth-order valence-electron chi connectivity index (χ4n) is 3.51. The minimum Gasteiger partial charge on any atom is -0.493 e. The Kier molecular flexibility index (Phi) is 6.62. The van der Waals surface area contributed by atoms with Gasteiger partial charge in [-0.25, -0.2) is 0 Å². The number of para-hydroxylation sites is 1. The lowest BCUT2D eigenvalue weighted by Gasteiger charge is -2.11. The highest BCUT2D eigenvalue weighted by Gasteiger charge is 2.17. The summed E-state index contributed by atoms with van der Waals surface area (Å²) < 4.78 is 7.93. The molecule has 160 valence electrons. The van der Waals surface area contributed by atoms with Gasteiger partial charge >= 0.3 is 0 Å². The lowest BCUT2D eigenvalue weighted by molar-refractivity contribution is -0.118. The molecule has 3 aromatic rings. The average Bonchev–Trinajstić information content (AvgIpc) is 3.01. The van der Waals surface area contributed by atoms with Crippen molar-refractivity contribution in [1.29, 1.82) is 5.26 Å². The van der Waals surface area contributed by atoms with E-state index in [4.69, 9.17) is 4.74 Å². The Morgan fingerprint density at radius 3 is 2.71 bits per heavy atom. The van der Waals surface area contributed by atoms with Gasteiger partial charge in [-0.1, -0.05) is 25.1 Å². The number of hydrogen-bond acceptors (Lipinski definition) is 6. The molecule has 0 bridgehead atoms. The van der Waals surface area contributed by atoms with Crippen LogP contribution in [0.25, 0.3) is 10.9 Å². The van der Waals surface area contributed by atoms with Gasteiger partial charge in [0.05, 0.1) is 12.1 Å². The monoisotopic (exact) mass is 421 g/mol. The van der Waals surface area contributed by atoms with E-state index in [0.717, 1.165) is 11.9 Å². The first-order chi connectivity index (χ1) is 14.9. The summed E-state index contributed by atoms with van der Waals surface area (Å²) in [5.74, 6) is -0.746. The Hall–Kier alpha value is -3.77. The van der Waals surface area contributed by atoms with E-state index in [0.29, 0.717) is 23.2 Å². The maximum atomic E-state index is 12.6. The molecule has 0 atom stereocenters. The van der Waals surface area contributed by atoms with E-state index in [-0.39, 0.29) is 30.3 Å². The summed E-state index contributed by atoms with van der Waals surface area (Å²) in [7, 11) is 1.47. The summed E-state index contributed by atoms with van der Waals surface area (Å²) in [6.07, 6.45) is 0.810. The first-order valence-electron chi connectivity index (χ1n) is 9.80. The fourth-order valence-corrected chi connectivity index (χ4v) is 3.51. The maximum absolute atomic E-state index is 12.6. The van der Waals surface area contributed by atoms with Crippen molar-refractivity contribution in [2.75, 3.05) is 7.11 Å². The van der Waals surface area contributed by atoms with Crippen LogP contribution >= 0.6 is 0 Å². The summed E-state index contributed by atoms with van der Waals surface area (Å²) in [5.41, 5.74) is 1.31. The Morgan fingerprint density at radius 1 is 1.29 bits per heavy atom. The lowest BCUT2D eigenvalue weighted by Crippen LogP contribution is -2.28. The highest BCUT2D eigenvalue weighted by molar-refractivity contribution is 5.95. The molecule has 0 aliphatic carbocycles. The molecule has 0 fully saturated rings.